The van der Waals surface area contributed by atoms with E-state index in [1.54, 1.807) is 30.3 Å². The third kappa shape index (κ3) is 4.13. The molecule has 144 valence electrons. The lowest BCUT2D eigenvalue weighted by atomic mass is 10.1. The standard InChI is InChI=1S/C19H15ClN2O5S/c1-26-14-5-3-4-10(16(14)27-2)8-15-17(23)22-19(28-15)21-11-6-7-13(20)12(9-11)18(24)25/h3-9H,1-2H3,(H,24,25)(H,21,22,23)/b15-8-. The number of benzene rings is 2. The molecule has 9 heteroatoms. The zero-order valence-corrected chi connectivity index (χ0v) is 16.4. The van der Waals surface area contributed by atoms with Crippen molar-refractivity contribution in [1.29, 1.82) is 0 Å². The van der Waals surface area contributed by atoms with Crippen molar-refractivity contribution in [2.45, 2.75) is 0 Å². The molecule has 0 unspecified atom stereocenters. The SMILES string of the molecule is COc1cccc(/C=C2\SC(=Nc3ccc(Cl)c(C(=O)O)c3)NC2=O)c1OC. The second-order valence-electron chi connectivity index (χ2n) is 5.53. The maximum Gasteiger partial charge on any atom is 0.337 e. The summed E-state index contributed by atoms with van der Waals surface area (Å²) in [6.07, 6.45) is 1.68. The first-order valence-electron chi connectivity index (χ1n) is 7.96. The molecule has 0 spiro atoms. The second kappa shape index (κ2) is 8.37. The van der Waals surface area contributed by atoms with Crippen molar-refractivity contribution in [3.63, 3.8) is 0 Å². The van der Waals surface area contributed by atoms with E-state index >= 15 is 0 Å². The Bertz CT molecular complexity index is 1020. The van der Waals surface area contributed by atoms with E-state index in [0.717, 1.165) is 11.8 Å². The number of halogens is 1. The molecule has 1 aliphatic rings. The molecule has 0 aromatic heterocycles. The monoisotopic (exact) mass is 418 g/mol. The molecule has 1 fully saturated rings. The third-order valence-electron chi connectivity index (χ3n) is 3.78. The minimum Gasteiger partial charge on any atom is -0.493 e. The molecule has 1 amide bonds. The maximum absolute atomic E-state index is 12.3. The largest absolute Gasteiger partial charge is 0.493 e. The Hall–Kier alpha value is -2.97. The number of para-hydroxylation sites is 1. The summed E-state index contributed by atoms with van der Waals surface area (Å²) in [7, 11) is 3.06. The van der Waals surface area contributed by atoms with E-state index in [1.165, 1.54) is 26.4 Å². The molecular weight excluding hydrogens is 404 g/mol. The van der Waals surface area contributed by atoms with Crippen LogP contribution < -0.4 is 14.8 Å². The number of thioether (sulfide) groups is 1. The number of carbonyl (C=O) groups is 2. The van der Waals surface area contributed by atoms with Crippen molar-refractivity contribution < 1.29 is 24.2 Å². The average molecular weight is 419 g/mol. The first-order chi connectivity index (χ1) is 13.4. The quantitative estimate of drug-likeness (QED) is 0.713. The minimum atomic E-state index is -1.15. The number of carbonyl (C=O) groups excluding carboxylic acids is 1. The van der Waals surface area contributed by atoms with Crippen LogP contribution in [0.3, 0.4) is 0 Å². The summed E-state index contributed by atoms with van der Waals surface area (Å²) in [5.41, 5.74) is 0.986. The molecule has 0 atom stereocenters. The van der Waals surface area contributed by atoms with Crippen LogP contribution in [-0.2, 0) is 4.79 Å². The Morgan fingerprint density at radius 2 is 2.04 bits per heavy atom. The number of hydrogen-bond donors (Lipinski definition) is 2. The highest BCUT2D eigenvalue weighted by Gasteiger charge is 2.25. The molecule has 1 aliphatic heterocycles. The van der Waals surface area contributed by atoms with Gasteiger partial charge in [-0.2, -0.15) is 0 Å². The molecule has 1 heterocycles. The van der Waals surface area contributed by atoms with E-state index in [2.05, 4.69) is 10.3 Å². The topological polar surface area (TPSA) is 97.2 Å². The molecule has 0 bridgehead atoms. The predicted octanol–water partition coefficient (Wildman–Crippen LogP) is 3.95. The van der Waals surface area contributed by atoms with Crippen LogP contribution in [0.2, 0.25) is 5.02 Å². The molecule has 1 saturated heterocycles. The second-order valence-corrected chi connectivity index (χ2v) is 6.97. The van der Waals surface area contributed by atoms with Crippen LogP contribution in [0.1, 0.15) is 15.9 Å². The zero-order valence-electron chi connectivity index (χ0n) is 14.9. The number of methoxy groups -OCH3 is 2. The van der Waals surface area contributed by atoms with Crippen LogP contribution in [0.15, 0.2) is 46.3 Å². The normalized spacial score (nSPS) is 16.3. The number of aliphatic imine (C=N–C) groups is 1. The Balaban J connectivity index is 1.90. The summed E-state index contributed by atoms with van der Waals surface area (Å²) in [5, 5.41) is 12.3. The van der Waals surface area contributed by atoms with Gasteiger partial charge in [0.05, 0.1) is 35.4 Å². The number of nitrogens with zero attached hydrogens (tertiary/aromatic N) is 1. The van der Waals surface area contributed by atoms with Gasteiger partial charge in [0.15, 0.2) is 16.7 Å². The lowest BCUT2D eigenvalue weighted by Crippen LogP contribution is -2.19. The smallest absolute Gasteiger partial charge is 0.337 e. The average Bonchev–Trinajstić information content (AvgIpc) is 3.01. The van der Waals surface area contributed by atoms with E-state index in [4.69, 9.17) is 26.2 Å². The Kier molecular flexibility index (Phi) is 5.91. The fourth-order valence-corrected chi connectivity index (χ4v) is 3.54. The van der Waals surface area contributed by atoms with Gasteiger partial charge in [-0.3, -0.25) is 4.79 Å². The Labute approximate surface area is 170 Å². The summed E-state index contributed by atoms with van der Waals surface area (Å²) in [5.74, 6) is -0.404. The van der Waals surface area contributed by atoms with Crippen molar-refractivity contribution >= 4 is 52.2 Å². The molecule has 2 N–H and O–H groups in total. The fourth-order valence-electron chi connectivity index (χ4n) is 2.51. The lowest BCUT2D eigenvalue weighted by Gasteiger charge is -2.10. The Morgan fingerprint density at radius 3 is 2.71 bits per heavy atom. The van der Waals surface area contributed by atoms with Gasteiger partial charge in [-0.1, -0.05) is 23.7 Å². The van der Waals surface area contributed by atoms with E-state index in [0.29, 0.717) is 32.8 Å². The summed E-state index contributed by atoms with van der Waals surface area (Å²) in [6, 6.07) is 9.72. The van der Waals surface area contributed by atoms with Crippen molar-refractivity contribution in [2.75, 3.05) is 14.2 Å². The van der Waals surface area contributed by atoms with E-state index in [1.807, 2.05) is 0 Å². The number of ether oxygens (including phenoxy) is 2. The molecule has 2 aromatic carbocycles. The van der Waals surface area contributed by atoms with Crippen LogP contribution in [0.25, 0.3) is 6.08 Å². The molecule has 28 heavy (non-hydrogen) atoms. The zero-order chi connectivity index (χ0) is 20.3. The first-order valence-corrected chi connectivity index (χ1v) is 9.15. The van der Waals surface area contributed by atoms with Gasteiger partial charge in [0, 0.05) is 5.56 Å². The molecular formula is C19H15ClN2O5S. The molecule has 2 aromatic rings. The predicted molar refractivity (Wildman–Crippen MR) is 109 cm³/mol. The van der Waals surface area contributed by atoms with Gasteiger partial charge < -0.3 is 19.9 Å². The van der Waals surface area contributed by atoms with Gasteiger partial charge in [0.25, 0.3) is 5.91 Å². The number of aromatic carboxylic acids is 1. The van der Waals surface area contributed by atoms with Crippen LogP contribution in [-0.4, -0.2) is 36.4 Å². The van der Waals surface area contributed by atoms with Crippen molar-refractivity contribution in [3.05, 3.63) is 57.5 Å². The highest BCUT2D eigenvalue weighted by atomic mass is 35.5. The highest BCUT2D eigenvalue weighted by Crippen LogP contribution is 2.35. The first kappa shape index (κ1) is 19.8. The summed E-state index contributed by atoms with van der Waals surface area (Å²) >= 11 is 7.00. The van der Waals surface area contributed by atoms with Gasteiger partial charge in [-0.25, -0.2) is 9.79 Å². The number of rotatable bonds is 5. The summed E-state index contributed by atoms with van der Waals surface area (Å²) < 4.78 is 10.6. The number of amidine groups is 1. The van der Waals surface area contributed by atoms with Gasteiger partial charge >= 0.3 is 5.97 Å². The number of carboxylic acids is 1. The van der Waals surface area contributed by atoms with Gasteiger partial charge in [0.2, 0.25) is 0 Å². The number of amides is 1. The number of nitrogens with one attached hydrogen (secondary N) is 1. The van der Waals surface area contributed by atoms with Crippen LogP contribution in [0, 0.1) is 0 Å². The third-order valence-corrected chi connectivity index (χ3v) is 5.02. The molecule has 0 saturated carbocycles. The Morgan fingerprint density at radius 1 is 1.25 bits per heavy atom. The lowest BCUT2D eigenvalue weighted by molar-refractivity contribution is -0.115. The molecule has 0 aliphatic carbocycles. The molecule has 0 radical (unpaired) electrons. The van der Waals surface area contributed by atoms with E-state index < -0.39 is 5.97 Å². The summed E-state index contributed by atoms with van der Waals surface area (Å²) in [6.45, 7) is 0. The van der Waals surface area contributed by atoms with Gasteiger partial charge in [0.1, 0.15) is 0 Å². The van der Waals surface area contributed by atoms with Crippen molar-refractivity contribution in [2.24, 2.45) is 4.99 Å². The van der Waals surface area contributed by atoms with E-state index in [9.17, 15) is 9.59 Å². The van der Waals surface area contributed by atoms with Gasteiger partial charge in [-0.05, 0) is 42.1 Å². The highest BCUT2D eigenvalue weighted by molar-refractivity contribution is 8.18. The van der Waals surface area contributed by atoms with Crippen LogP contribution >= 0.6 is 23.4 Å². The summed E-state index contributed by atoms with van der Waals surface area (Å²) in [4.78, 5) is 28.2. The van der Waals surface area contributed by atoms with E-state index in [-0.39, 0.29) is 16.5 Å². The fraction of sp³-hybridized carbons (Fsp3) is 0.105. The van der Waals surface area contributed by atoms with Gasteiger partial charge in [-0.15, -0.1) is 0 Å². The molecule has 7 nitrogen and oxygen atoms in total. The number of carboxylic acid groups (broad SMARTS) is 1. The minimum absolute atomic E-state index is 0.0604. The van der Waals surface area contributed by atoms with Crippen LogP contribution in [0.5, 0.6) is 11.5 Å². The van der Waals surface area contributed by atoms with Crippen molar-refractivity contribution in [3.8, 4) is 11.5 Å². The molecule has 3 rings (SSSR count). The van der Waals surface area contributed by atoms with Crippen molar-refractivity contribution in [1.82, 2.24) is 5.32 Å². The number of hydrogen-bond acceptors (Lipinski definition) is 6. The maximum atomic E-state index is 12.3. The van der Waals surface area contributed by atoms with Crippen LogP contribution in [0.4, 0.5) is 5.69 Å².